The summed E-state index contributed by atoms with van der Waals surface area (Å²) >= 11 is 12.8. The molecule has 1 N–H and O–H groups in total. The number of rotatable bonds is 6. The predicted octanol–water partition coefficient (Wildman–Crippen LogP) is 5.94. The number of piperidine rings is 1. The van der Waals surface area contributed by atoms with E-state index >= 15 is 0 Å². The van der Waals surface area contributed by atoms with Crippen molar-refractivity contribution >= 4 is 40.2 Å². The fraction of sp³-hybridized carbons (Fsp3) is 0.214. The molecule has 5 aromatic rings. The molecule has 7 nitrogen and oxygen atoms in total. The van der Waals surface area contributed by atoms with E-state index in [9.17, 15) is 0 Å². The number of anilines is 1. The van der Waals surface area contributed by atoms with Crippen molar-refractivity contribution in [2.75, 3.05) is 18.0 Å². The SMILES string of the molecule is Clc1ccc(-n2c(-c3ccccc3Cl)nc3c(N4CCC(NCc5ccncc5)CC4)ncnc32)cc1. The number of hydrogen-bond donors (Lipinski definition) is 1. The molecule has 3 aromatic heterocycles. The summed E-state index contributed by atoms with van der Waals surface area (Å²) < 4.78 is 2.03. The highest BCUT2D eigenvalue weighted by Gasteiger charge is 2.25. The van der Waals surface area contributed by atoms with Gasteiger partial charge in [0.2, 0.25) is 0 Å². The highest BCUT2D eigenvalue weighted by Crippen LogP contribution is 2.35. The van der Waals surface area contributed by atoms with Crippen molar-refractivity contribution < 1.29 is 0 Å². The molecule has 0 unspecified atom stereocenters. The van der Waals surface area contributed by atoms with Gasteiger partial charge in [0.15, 0.2) is 17.0 Å². The minimum atomic E-state index is 0.451. The molecule has 0 radical (unpaired) electrons. The van der Waals surface area contributed by atoms with E-state index in [0.29, 0.717) is 16.1 Å². The highest BCUT2D eigenvalue weighted by molar-refractivity contribution is 6.33. The average molecular weight is 530 g/mol. The van der Waals surface area contributed by atoms with E-state index in [-0.39, 0.29) is 0 Å². The van der Waals surface area contributed by atoms with Crippen molar-refractivity contribution in [3.8, 4) is 17.1 Å². The molecule has 9 heteroatoms. The summed E-state index contributed by atoms with van der Waals surface area (Å²) in [5.41, 5.74) is 4.48. The maximum Gasteiger partial charge on any atom is 0.170 e. The van der Waals surface area contributed by atoms with E-state index in [0.717, 1.165) is 66.5 Å². The molecule has 4 heterocycles. The van der Waals surface area contributed by atoms with Crippen molar-refractivity contribution in [3.63, 3.8) is 0 Å². The Labute approximate surface area is 225 Å². The van der Waals surface area contributed by atoms with Gasteiger partial charge in [-0.2, -0.15) is 0 Å². The Kier molecular flexibility index (Phi) is 6.74. The summed E-state index contributed by atoms with van der Waals surface area (Å²) in [7, 11) is 0. The Morgan fingerprint density at radius 3 is 2.41 bits per heavy atom. The Morgan fingerprint density at radius 2 is 1.65 bits per heavy atom. The summed E-state index contributed by atoms with van der Waals surface area (Å²) in [5, 5.41) is 4.98. The van der Waals surface area contributed by atoms with Crippen LogP contribution in [0.5, 0.6) is 0 Å². The molecular formula is C28H25Cl2N7. The third-order valence-corrected chi connectivity index (χ3v) is 7.34. The van der Waals surface area contributed by atoms with Gasteiger partial charge in [-0.05, 0) is 66.9 Å². The minimum Gasteiger partial charge on any atom is -0.355 e. The molecular weight excluding hydrogens is 505 g/mol. The van der Waals surface area contributed by atoms with Crippen LogP contribution in [0.2, 0.25) is 10.0 Å². The van der Waals surface area contributed by atoms with Gasteiger partial charge in [0, 0.05) is 54.3 Å². The van der Waals surface area contributed by atoms with Crippen molar-refractivity contribution in [2.45, 2.75) is 25.4 Å². The van der Waals surface area contributed by atoms with Gasteiger partial charge in [-0.3, -0.25) is 9.55 Å². The van der Waals surface area contributed by atoms with Gasteiger partial charge >= 0.3 is 0 Å². The van der Waals surface area contributed by atoms with Gasteiger partial charge in [-0.1, -0.05) is 35.3 Å². The van der Waals surface area contributed by atoms with E-state index in [1.54, 1.807) is 6.33 Å². The molecule has 37 heavy (non-hydrogen) atoms. The molecule has 0 amide bonds. The Balaban J connectivity index is 1.33. The zero-order valence-electron chi connectivity index (χ0n) is 20.1. The lowest BCUT2D eigenvalue weighted by atomic mass is 10.0. The van der Waals surface area contributed by atoms with Gasteiger partial charge in [-0.15, -0.1) is 0 Å². The number of nitrogens with zero attached hydrogens (tertiary/aromatic N) is 6. The first-order valence-corrected chi connectivity index (χ1v) is 13.0. The summed E-state index contributed by atoms with van der Waals surface area (Å²) in [6, 6.07) is 19.9. The zero-order chi connectivity index (χ0) is 25.2. The van der Waals surface area contributed by atoms with Crippen molar-refractivity contribution in [3.05, 3.63) is 95.0 Å². The summed E-state index contributed by atoms with van der Waals surface area (Å²) in [6.07, 6.45) is 7.33. The van der Waals surface area contributed by atoms with Crippen LogP contribution in [0.4, 0.5) is 5.82 Å². The number of imidazole rings is 1. The standard InChI is InChI=1S/C28H25Cl2N7/c29-20-5-7-22(8-6-20)37-26(23-3-1-2-4-24(23)30)35-25-27(33-18-34-28(25)37)36-15-11-21(12-16-36)32-17-19-9-13-31-14-10-19/h1-10,13-14,18,21,32H,11-12,15-17H2. The fourth-order valence-corrected chi connectivity index (χ4v) is 5.17. The smallest absolute Gasteiger partial charge is 0.170 e. The van der Waals surface area contributed by atoms with Gasteiger partial charge in [0.05, 0.1) is 5.02 Å². The fourth-order valence-electron chi connectivity index (χ4n) is 4.83. The second-order valence-corrected chi connectivity index (χ2v) is 9.94. The van der Waals surface area contributed by atoms with Crippen molar-refractivity contribution in [1.82, 2.24) is 29.8 Å². The van der Waals surface area contributed by atoms with Crippen LogP contribution in [-0.2, 0) is 6.54 Å². The molecule has 0 aliphatic carbocycles. The normalized spacial score (nSPS) is 14.4. The van der Waals surface area contributed by atoms with Gasteiger partial charge in [0.1, 0.15) is 12.2 Å². The summed E-state index contributed by atoms with van der Waals surface area (Å²) in [4.78, 5) is 20.8. The van der Waals surface area contributed by atoms with E-state index in [4.69, 9.17) is 28.2 Å². The molecule has 0 atom stereocenters. The van der Waals surface area contributed by atoms with Gasteiger partial charge < -0.3 is 10.2 Å². The Morgan fingerprint density at radius 1 is 0.892 bits per heavy atom. The van der Waals surface area contributed by atoms with Gasteiger partial charge in [-0.25, -0.2) is 15.0 Å². The van der Waals surface area contributed by atoms with Crippen LogP contribution in [0, 0.1) is 0 Å². The first-order chi connectivity index (χ1) is 18.2. The topological polar surface area (TPSA) is 71.8 Å². The Bertz CT molecular complexity index is 1510. The van der Waals surface area contributed by atoms with Crippen LogP contribution in [0.25, 0.3) is 28.2 Å². The maximum absolute atomic E-state index is 6.62. The molecule has 1 fully saturated rings. The first-order valence-electron chi connectivity index (χ1n) is 12.3. The molecule has 1 aliphatic heterocycles. The number of fused-ring (bicyclic) bond motifs is 1. The number of hydrogen-bond acceptors (Lipinski definition) is 6. The first kappa shape index (κ1) is 23.9. The lowest BCUT2D eigenvalue weighted by Crippen LogP contribution is -2.42. The number of benzene rings is 2. The van der Waals surface area contributed by atoms with Crippen LogP contribution in [0.3, 0.4) is 0 Å². The number of aromatic nitrogens is 5. The second-order valence-electron chi connectivity index (χ2n) is 9.09. The second kappa shape index (κ2) is 10.5. The highest BCUT2D eigenvalue weighted by atomic mass is 35.5. The van der Waals surface area contributed by atoms with E-state index in [1.807, 2.05) is 77.6 Å². The van der Waals surface area contributed by atoms with Crippen LogP contribution in [0.15, 0.2) is 79.4 Å². The largest absolute Gasteiger partial charge is 0.355 e. The number of halogens is 2. The van der Waals surface area contributed by atoms with Crippen molar-refractivity contribution in [1.29, 1.82) is 0 Å². The quantitative estimate of drug-likeness (QED) is 0.293. The predicted molar refractivity (Wildman–Crippen MR) is 148 cm³/mol. The maximum atomic E-state index is 6.62. The van der Waals surface area contributed by atoms with E-state index in [1.165, 1.54) is 5.56 Å². The molecule has 6 rings (SSSR count). The number of nitrogens with one attached hydrogen (secondary N) is 1. The van der Waals surface area contributed by atoms with E-state index < -0.39 is 0 Å². The molecule has 2 aromatic carbocycles. The molecule has 1 aliphatic rings. The minimum absolute atomic E-state index is 0.451. The molecule has 0 saturated carbocycles. The molecule has 1 saturated heterocycles. The lowest BCUT2D eigenvalue weighted by Gasteiger charge is -2.33. The van der Waals surface area contributed by atoms with Crippen LogP contribution in [0.1, 0.15) is 18.4 Å². The molecule has 0 bridgehead atoms. The summed E-state index contributed by atoms with van der Waals surface area (Å²) in [6.45, 7) is 2.61. The summed E-state index contributed by atoms with van der Waals surface area (Å²) in [5.74, 6) is 1.57. The molecule has 186 valence electrons. The van der Waals surface area contributed by atoms with Crippen molar-refractivity contribution in [2.24, 2.45) is 0 Å². The molecule has 0 spiro atoms. The van der Waals surface area contributed by atoms with Crippen LogP contribution < -0.4 is 10.2 Å². The monoisotopic (exact) mass is 529 g/mol. The third-order valence-electron chi connectivity index (χ3n) is 6.76. The van der Waals surface area contributed by atoms with Crippen LogP contribution in [-0.4, -0.2) is 43.6 Å². The van der Waals surface area contributed by atoms with Gasteiger partial charge in [0.25, 0.3) is 0 Å². The zero-order valence-corrected chi connectivity index (χ0v) is 21.6. The number of pyridine rings is 1. The lowest BCUT2D eigenvalue weighted by molar-refractivity contribution is 0.413. The van der Waals surface area contributed by atoms with Crippen LogP contribution >= 0.6 is 23.2 Å². The average Bonchev–Trinajstić information content (AvgIpc) is 3.33. The van der Waals surface area contributed by atoms with E-state index in [2.05, 4.69) is 25.2 Å². The third kappa shape index (κ3) is 4.90. The Hall–Kier alpha value is -3.52.